The molecule has 0 saturated heterocycles. The Morgan fingerprint density at radius 2 is 1.88 bits per heavy atom. The summed E-state index contributed by atoms with van der Waals surface area (Å²) in [6.45, 7) is 5.51. The van der Waals surface area contributed by atoms with Gasteiger partial charge >= 0.3 is 5.97 Å². The van der Waals surface area contributed by atoms with Crippen LogP contribution in [-0.4, -0.2) is 17.2 Å². The SMILES string of the molecule is CCC(=O)OC(C)Cc1ccc(F)cc1.Cc1ccc(O)c(Cl)c1. The van der Waals surface area contributed by atoms with Crippen LogP contribution in [0.5, 0.6) is 5.75 Å². The fourth-order valence-electron chi connectivity index (χ4n) is 1.91. The van der Waals surface area contributed by atoms with E-state index in [2.05, 4.69) is 0 Å². The summed E-state index contributed by atoms with van der Waals surface area (Å²) in [5.74, 6) is -0.316. The van der Waals surface area contributed by atoms with Gasteiger partial charge in [0.15, 0.2) is 0 Å². The van der Waals surface area contributed by atoms with Gasteiger partial charge in [-0.05, 0) is 49.2 Å². The Labute approximate surface area is 147 Å². The Balaban J connectivity index is 0.000000272. The first-order chi connectivity index (χ1) is 11.3. The van der Waals surface area contributed by atoms with E-state index in [4.69, 9.17) is 21.4 Å². The van der Waals surface area contributed by atoms with Gasteiger partial charge in [-0.15, -0.1) is 0 Å². The van der Waals surface area contributed by atoms with Crippen molar-refractivity contribution in [2.45, 2.75) is 39.7 Å². The topological polar surface area (TPSA) is 46.5 Å². The van der Waals surface area contributed by atoms with Crippen molar-refractivity contribution >= 4 is 17.6 Å². The minimum absolute atomic E-state index is 0.141. The van der Waals surface area contributed by atoms with Gasteiger partial charge < -0.3 is 9.84 Å². The van der Waals surface area contributed by atoms with Crippen LogP contribution >= 0.6 is 11.6 Å². The van der Waals surface area contributed by atoms with E-state index in [1.807, 2.05) is 13.8 Å². The number of benzene rings is 2. The van der Waals surface area contributed by atoms with E-state index < -0.39 is 0 Å². The van der Waals surface area contributed by atoms with Gasteiger partial charge in [0.05, 0.1) is 5.02 Å². The minimum atomic E-state index is -0.253. The summed E-state index contributed by atoms with van der Waals surface area (Å²) in [6, 6.07) is 11.3. The maximum absolute atomic E-state index is 12.6. The number of phenolic OH excluding ortho intramolecular Hbond substituents is 1. The predicted octanol–water partition coefficient (Wildman–Crippen LogP) is 5.06. The third kappa shape index (κ3) is 7.47. The molecular formula is C19H22ClFO3. The van der Waals surface area contributed by atoms with E-state index in [9.17, 15) is 9.18 Å². The molecule has 5 heteroatoms. The van der Waals surface area contributed by atoms with E-state index in [-0.39, 0.29) is 23.6 Å². The number of ether oxygens (including phenoxy) is 1. The zero-order valence-electron chi connectivity index (χ0n) is 14.1. The van der Waals surface area contributed by atoms with Crippen molar-refractivity contribution in [3.8, 4) is 5.75 Å². The van der Waals surface area contributed by atoms with Crippen molar-refractivity contribution in [2.24, 2.45) is 0 Å². The summed E-state index contributed by atoms with van der Waals surface area (Å²) in [6.07, 6.45) is 0.836. The molecule has 0 heterocycles. The molecule has 1 unspecified atom stereocenters. The number of carbonyl (C=O) groups is 1. The highest BCUT2D eigenvalue weighted by Gasteiger charge is 2.08. The highest BCUT2D eigenvalue weighted by Crippen LogP contribution is 2.22. The molecule has 0 aromatic heterocycles. The van der Waals surface area contributed by atoms with E-state index >= 15 is 0 Å². The second-order valence-corrected chi connectivity index (χ2v) is 5.85. The lowest BCUT2D eigenvalue weighted by Gasteiger charge is -2.12. The van der Waals surface area contributed by atoms with Gasteiger partial charge in [-0.1, -0.05) is 36.7 Å². The number of carbonyl (C=O) groups excluding carboxylic acids is 1. The Kier molecular flexibility index (Phi) is 8.27. The highest BCUT2D eigenvalue weighted by atomic mass is 35.5. The van der Waals surface area contributed by atoms with Gasteiger partial charge in [0.1, 0.15) is 17.7 Å². The first-order valence-electron chi connectivity index (χ1n) is 7.70. The molecule has 1 atom stereocenters. The Bertz CT molecular complexity index is 656. The van der Waals surface area contributed by atoms with Gasteiger partial charge in [-0.2, -0.15) is 0 Å². The average Bonchev–Trinajstić information content (AvgIpc) is 2.54. The smallest absolute Gasteiger partial charge is 0.305 e. The lowest BCUT2D eigenvalue weighted by atomic mass is 10.1. The molecular weight excluding hydrogens is 331 g/mol. The number of hydrogen-bond donors (Lipinski definition) is 1. The summed E-state index contributed by atoms with van der Waals surface area (Å²) < 4.78 is 17.7. The van der Waals surface area contributed by atoms with Gasteiger partial charge in [0, 0.05) is 12.8 Å². The summed E-state index contributed by atoms with van der Waals surface area (Å²) >= 11 is 5.56. The molecule has 0 amide bonds. The molecule has 0 aliphatic carbocycles. The van der Waals surface area contributed by atoms with E-state index in [0.29, 0.717) is 17.9 Å². The highest BCUT2D eigenvalue weighted by molar-refractivity contribution is 6.32. The van der Waals surface area contributed by atoms with Gasteiger partial charge in [-0.3, -0.25) is 4.79 Å². The summed E-state index contributed by atoms with van der Waals surface area (Å²) in [5.41, 5.74) is 2.02. The second kappa shape index (κ2) is 9.93. The molecule has 0 fully saturated rings. The molecule has 130 valence electrons. The Hall–Kier alpha value is -2.07. The van der Waals surface area contributed by atoms with Crippen molar-refractivity contribution in [1.29, 1.82) is 0 Å². The summed E-state index contributed by atoms with van der Waals surface area (Å²) in [5, 5.41) is 9.32. The third-order valence-electron chi connectivity index (χ3n) is 3.16. The summed E-state index contributed by atoms with van der Waals surface area (Å²) in [7, 11) is 0. The molecule has 24 heavy (non-hydrogen) atoms. The van der Waals surface area contributed by atoms with Crippen LogP contribution < -0.4 is 0 Å². The predicted molar refractivity (Wildman–Crippen MR) is 93.8 cm³/mol. The lowest BCUT2D eigenvalue weighted by molar-refractivity contribution is -0.147. The number of aromatic hydroxyl groups is 1. The number of halogens is 2. The molecule has 2 aromatic rings. The van der Waals surface area contributed by atoms with E-state index in [1.54, 1.807) is 37.3 Å². The normalized spacial score (nSPS) is 11.2. The zero-order valence-corrected chi connectivity index (χ0v) is 14.8. The zero-order chi connectivity index (χ0) is 18.1. The number of hydrogen-bond acceptors (Lipinski definition) is 3. The molecule has 2 rings (SSSR count). The number of aryl methyl sites for hydroxylation is 1. The van der Waals surface area contributed by atoms with Gasteiger partial charge in [0.25, 0.3) is 0 Å². The minimum Gasteiger partial charge on any atom is -0.506 e. The quantitative estimate of drug-likeness (QED) is 0.782. The van der Waals surface area contributed by atoms with Crippen LogP contribution in [0.4, 0.5) is 4.39 Å². The number of rotatable bonds is 4. The Morgan fingerprint density at radius 3 is 2.38 bits per heavy atom. The third-order valence-corrected chi connectivity index (χ3v) is 3.46. The van der Waals surface area contributed by atoms with E-state index in [0.717, 1.165) is 11.1 Å². The van der Waals surface area contributed by atoms with Crippen molar-refractivity contribution < 1.29 is 19.0 Å². The van der Waals surface area contributed by atoms with Crippen LogP contribution in [0, 0.1) is 12.7 Å². The first kappa shape index (κ1) is 20.0. The molecule has 2 aromatic carbocycles. The van der Waals surface area contributed by atoms with Crippen molar-refractivity contribution in [2.75, 3.05) is 0 Å². The average molecular weight is 353 g/mol. The molecule has 0 aliphatic heterocycles. The second-order valence-electron chi connectivity index (χ2n) is 5.44. The van der Waals surface area contributed by atoms with Crippen LogP contribution in [0.2, 0.25) is 5.02 Å². The van der Waals surface area contributed by atoms with E-state index in [1.165, 1.54) is 12.1 Å². The van der Waals surface area contributed by atoms with Crippen molar-refractivity contribution in [1.82, 2.24) is 0 Å². The monoisotopic (exact) mass is 352 g/mol. The van der Waals surface area contributed by atoms with Gasteiger partial charge in [-0.25, -0.2) is 4.39 Å². The fraction of sp³-hybridized carbons (Fsp3) is 0.316. The first-order valence-corrected chi connectivity index (χ1v) is 8.08. The maximum atomic E-state index is 12.6. The fourth-order valence-corrected chi connectivity index (χ4v) is 2.15. The summed E-state index contributed by atoms with van der Waals surface area (Å²) in [4.78, 5) is 11.0. The van der Waals surface area contributed by atoms with Crippen LogP contribution in [0.15, 0.2) is 42.5 Å². The molecule has 0 aliphatic rings. The standard InChI is InChI=1S/C12H15FO2.C7H7ClO/c1-3-12(14)15-9(2)8-10-4-6-11(13)7-5-10;1-5-2-3-7(9)6(8)4-5/h4-7,9H,3,8H2,1-2H3;2-4,9H,1H3. The van der Waals surface area contributed by atoms with Crippen LogP contribution in [0.25, 0.3) is 0 Å². The maximum Gasteiger partial charge on any atom is 0.305 e. The molecule has 0 radical (unpaired) electrons. The van der Waals surface area contributed by atoms with Crippen LogP contribution in [0.3, 0.4) is 0 Å². The molecule has 3 nitrogen and oxygen atoms in total. The lowest BCUT2D eigenvalue weighted by Crippen LogP contribution is -2.16. The number of phenols is 1. The van der Waals surface area contributed by atoms with Crippen molar-refractivity contribution in [3.63, 3.8) is 0 Å². The van der Waals surface area contributed by atoms with Crippen LogP contribution in [-0.2, 0) is 16.0 Å². The molecule has 1 N–H and O–H groups in total. The molecule has 0 saturated carbocycles. The van der Waals surface area contributed by atoms with Crippen molar-refractivity contribution in [3.05, 3.63) is 64.4 Å². The Morgan fingerprint density at radius 1 is 1.25 bits per heavy atom. The largest absolute Gasteiger partial charge is 0.506 e. The van der Waals surface area contributed by atoms with Crippen LogP contribution in [0.1, 0.15) is 31.4 Å². The molecule has 0 bridgehead atoms. The number of esters is 1. The molecule has 0 spiro atoms. The van der Waals surface area contributed by atoms with Gasteiger partial charge in [0.2, 0.25) is 0 Å².